The van der Waals surface area contributed by atoms with Gasteiger partial charge in [0.15, 0.2) is 0 Å². The quantitative estimate of drug-likeness (QED) is 0.604. The molecule has 118 valence electrons. The van der Waals surface area contributed by atoms with E-state index in [0.29, 0.717) is 11.1 Å². The van der Waals surface area contributed by atoms with Crippen LogP contribution < -0.4 is 5.76 Å². The van der Waals surface area contributed by atoms with Crippen molar-refractivity contribution in [2.24, 2.45) is 0 Å². The van der Waals surface area contributed by atoms with E-state index in [-0.39, 0.29) is 15.6 Å². The maximum Gasteiger partial charge on any atom is 0.425 e. The molecule has 0 radical (unpaired) electrons. The van der Waals surface area contributed by atoms with Crippen LogP contribution in [0.3, 0.4) is 0 Å². The van der Waals surface area contributed by atoms with E-state index in [4.69, 9.17) is 16.6 Å². The third kappa shape index (κ3) is 2.84. The lowest BCUT2D eigenvalue weighted by molar-refractivity contribution is 0.505. The number of rotatable bonds is 1. The Morgan fingerprint density at radius 3 is 2.35 bits per heavy atom. The zero-order valence-electron chi connectivity index (χ0n) is 13.1. The van der Waals surface area contributed by atoms with Gasteiger partial charge in [0.25, 0.3) is 0 Å². The molecular formula is C18H16FNO2S. The molecule has 1 aromatic heterocycles. The fraction of sp³-hybridized carbons (Fsp3) is 0.222. The van der Waals surface area contributed by atoms with E-state index in [1.54, 1.807) is 0 Å². The molecular weight excluding hydrogens is 313 g/mol. The molecule has 0 atom stereocenters. The summed E-state index contributed by atoms with van der Waals surface area (Å²) in [6, 6.07) is 11.5. The van der Waals surface area contributed by atoms with Crippen molar-refractivity contribution in [3.05, 3.63) is 69.0 Å². The van der Waals surface area contributed by atoms with Crippen LogP contribution in [-0.4, -0.2) is 4.57 Å². The molecule has 0 N–H and O–H groups in total. The molecule has 0 saturated heterocycles. The number of aromatic nitrogens is 1. The first kappa shape index (κ1) is 15.6. The van der Waals surface area contributed by atoms with Gasteiger partial charge in [0, 0.05) is 0 Å². The Balaban J connectivity index is 2.24. The van der Waals surface area contributed by atoms with Gasteiger partial charge in [0.05, 0.1) is 11.1 Å². The topological polar surface area (TPSA) is 35.1 Å². The maximum absolute atomic E-state index is 13.5. The number of benzene rings is 2. The summed E-state index contributed by atoms with van der Waals surface area (Å²) in [6.07, 6.45) is 0. The van der Waals surface area contributed by atoms with Gasteiger partial charge in [-0.1, -0.05) is 45.1 Å². The SMILES string of the molecule is CC(C)(C)c1ccc(-n2c(=O)oc3ccc(F)cc3c2=S)cc1. The molecule has 5 heteroatoms. The Kier molecular flexibility index (Phi) is 3.68. The predicted octanol–water partition coefficient (Wildman–Crippen LogP) is 4.75. The first-order valence-corrected chi connectivity index (χ1v) is 7.64. The Hall–Kier alpha value is -2.27. The monoisotopic (exact) mass is 329 g/mol. The molecule has 0 fully saturated rings. The lowest BCUT2D eigenvalue weighted by atomic mass is 9.87. The minimum absolute atomic E-state index is 0.0111. The average molecular weight is 329 g/mol. The largest absolute Gasteiger partial charge is 0.425 e. The van der Waals surface area contributed by atoms with Crippen LogP contribution in [0.4, 0.5) is 4.39 Å². The molecule has 1 heterocycles. The van der Waals surface area contributed by atoms with Crippen molar-refractivity contribution >= 4 is 23.2 Å². The van der Waals surface area contributed by atoms with E-state index in [1.807, 2.05) is 24.3 Å². The molecule has 0 aliphatic rings. The van der Waals surface area contributed by atoms with Gasteiger partial charge >= 0.3 is 5.76 Å². The number of halogens is 1. The van der Waals surface area contributed by atoms with Crippen molar-refractivity contribution in [1.29, 1.82) is 0 Å². The van der Waals surface area contributed by atoms with Crippen molar-refractivity contribution in [3.63, 3.8) is 0 Å². The van der Waals surface area contributed by atoms with Gasteiger partial charge in [-0.3, -0.25) is 0 Å². The minimum atomic E-state index is -0.586. The number of hydrogen-bond acceptors (Lipinski definition) is 3. The predicted molar refractivity (Wildman–Crippen MR) is 91.3 cm³/mol. The smallest absolute Gasteiger partial charge is 0.409 e. The third-order valence-corrected chi connectivity index (χ3v) is 4.15. The summed E-state index contributed by atoms with van der Waals surface area (Å²) in [5, 5.41) is 0.402. The van der Waals surface area contributed by atoms with Crippen molar-refractivity contribution in [2.45, 2.75) is 26.2 Å². The molecule has 0 bridgehead atoms. The van der Waals surface area contributed by atoms with Crippen LogP contribution in [0.1, 0.15) is 26.3 Å². The fourth-order valence-electron chi connectivity index (χ4n) is 2.43. The summed E-state index contributed by atoms with van der Waals surface area (Å²) in [4.78, 5) is 12.3. The summed E-state index contributed by atoms with van der Waals surface area (Å²) >= 11 is 5.37. The van der Waals surface area contributed by atoms with Gasteiger partial charge in [-0.25, -0.2) is 13.8 Å². The second-order valence-corrected chi connectivity index (χ2v) is 6.83. The van der Waals surface area contributed by atoms with Gasteiger partial charge in [-0.05, 0) is 41.3 Å². The molecule has 0 unspecified atom stereocenters. The number of nitrogens with zero attached hydrogens (tertiary/aromatic N) is 1. The summed E-state index contributed by atoms with van der Waals surface area (Å²) < 4.78 is 20.2. The van der Waals surface area contributed by atoms with Crippen LogP contribution in [0, 0.1) is 10.5 Å². The van der Waals surface area contributed by atoms with E-state index < -0.39 is 11.6 Å². The zero-order valence-corrected chi connectivity index (χ0v) is 13.9. The average Bonchev–Trinajstić information content (AvgIpc) is 2.48. The second kappa shape index (κ2) is 5.42. The van der Waals surface area contributed by atoms with Crippen molar-refractivity contribution in [2.75, 3.05) is 0 Å². The highest BCUT2D eigenvalue weighted by atomic mass is 32.1. The van der Waals surface area contributed by atoms with Crippen LogP contribution in [-0.2, 0) is 5.41 Å². The van der Waals surface area contributed by atoms with Crippen LogP contribution in [0.25, 0.3) is 16.7 Å². The molecule has 3 nitrogen and oxygen atoms in total. The number of hydrogen-bond donors (Lipinski definition) is 0. The molecule has 0 aliphatic carbocycles. The Labute approximate surface area is 138 Å². The van der Waals surface area contributed by atoms with Crippen molar-refractivity contribution in [3.8, 4) is 5.69 Å². The lowest BCUT2D eigenvalue weighted by Gasteiger charge is -2.19. The van der Waals surface area contributed by atoms with Gasteiger partial charge < -0.3 is 4.42 Å². The van der Waals surface area contributed by atoms with Gasteiger partial charge in [-0.2, -0.15) is 0 Å². The van der Waals surface area contributed by atoms with Crippen LogP contribution in [0.2, 0.25) is 0 Å². The molecule has 0 saturated carbocycles. The highest BCUT2D eigenvalue weighted by Crippen LogP contribution is 2.24. The molecule has 2 aromatic carbocycles. The minimum Gasteiger partial charge on any atom is -0.409 e. The lowest BCUT2D eigenvalue weighted by Crippen LogP contribution is -2.18. The van der Waals surface area contributed by atoms with Gasteiger partial charge in [-0.15, -0.1) is 0 Å². The Morgan fingerprint density at radius 2 is 1.74 bits per heavy atom. The van der Waals surface area contributed by atoms with E-state index in [1.165, 1.54) is 22.8 Å². The third-order valence-electron chi connectivity index (χ3n) is 3.75. The van der Waals surface area contributed by atoms with Crippen molar-refractivity contribution in [1.82, 2.24) is 4.57 Å². The zero-order chi connectivity index (χ0) is 16.8. The molecule has 0 amide bonds. The van der Waals surface area contributed by atoms with Crippen LogP contribution in [0.5, 0.6) is 0 Å². The van der Waals surface area contributed by atoms with Crippen LogP contribution in [0.15, 0.2) is 51.7 Å². The normalized spacial score (nSPS) is 11.8. The van der Waals surface area contributed by atoms with E-state index in [0.717, 1.165) is 5.56 Å². The van der Waals surface area contributed by atoms with E-state index in [9.17, 15) is 9.18 Å². The Bertz CT molecular complexity index is 995. The summed E-state index contributed by atoms with van der Waals surface area (Å²) in [7, 11) is 0. The molecule has 3 aromatic rings. The molecule has 0 spiro atoms. The maximum atomic E-state index is 13.5. The summed E-state index contributed by atoms with van der Waals surface area (Å²) in [6.45, 7) is 6.34. The number of fused-ring (bicyclic) bond motifs is 1. The van der Waals surface area contributed by atoms with E-state index >= 15 is 0 Å². The summed E-state index contributed by atoms with van der Waals surface area (Å²) in [5.41, 5.74) is 2.04. The fourth-order valence-corrected chi connectivity index (χ4v) is 2.77. The molecule has 3 rings (SSSR count). The second-order valence-electron chi connectivity index (χ2n) is 6.45. The molecule has 0 aliphatic heterocycles. The first-order chi connectivity index (χ1) is 10.8. The first-order valence-electron chi connectivity index (χ1n) is 7.24. The van der Waals surface area contributed by atoms with Gasteiger partial charge in [0.1, 0.15) is 16.0 Å². The summed E-state index contributed by atoms with van der Waals surface area (Å²) in [5.74, 6) is -1.01. The van der Waals surface area contributed by atoms with Crippen LogP contribution >= 0.6 is 12.2 Å². The standard InChI is InChI=1S/C18H16FNO2S/c1-18(2,3)11-4-7-13(8-5-11)20-16(23)14-10-12(19)6-9-15(14)22-17(20)21/h4-10H,1-3H3. The van der Waals surface area contributed by atoms with Crippen molar-refractivity contribution < 1.29 is 8.81 Å². The Morgan fingerprint density at radius 1 is 1.09 bits per heavy atom. The highest BCUT2D eigenvalue weighted by Gasteiger charge is 2.14. The van der Waals surface area contributed by atoms with Gasteiger partial charge in [0.2, 0.25) is 0 Å². The molecule has 23 heavy (non-hydrogen) atoms. The van der Waals surface area contributed by atoms with E-state index in [2.05, 4.69) is 20.8 Å². The highest BCUT2D eigenvalue weighted by molar-refractivity contribution is 7.71.